The van der Waals surface area contributed by atoms with Gasteiger partial charge in [-0.1, -0.05) is 35.1 Å². The second-order valence-corrected chi connectivity index (χ2v) is 12.7. The molecule has 5 aromatic heterocycles. The first kappa shape index (κ1) is 49.2. The van der Waals surface area contributed by atoms with Gasteiger partial charge in [0.25, 0.3) is 6.47 Å². The van der Waals surface area contributed by atoms with Crippen molar-refractivity contribution < 1.29 is 49.1 Å². The third-order valence-corrected chi connectivity index (χ3v) is 8.45. The van der Waals surface area contributed by atoms with Crippen molar-refractivity contribution >= 4 is 94.3 Å². The third kappa shape index (κ3) is 13.5. The standard InChI is InChI=1S/C32H22N6O2.C12H8N2O4.2CHNS.Ru/c39-27-11-3-1-7-21(27)19-37-25-13-17-35-31-23-9-5-15-33-29(23)30-24(10-6-16-34-30)32(31)36-18-14-26(25)38-20-22-8-2-4-12-28(22)40;15-7-18-9-2-4-14-11(6-9)10-5-8(12(16)17)1-3-13-10;2*2-1-3;/h1-20,39-40H;1-7H,(H,16,17);2*3H;/q;;;;+2/p-2. The van der Waals surface area contributed by atoms with Gasteiger partial charge in [0, 0.05) is 77.6 Å². The van der Waals surface area contributed by atoms with Gasteiger partial charge < -0.3 is 45.3 Å². The number of nitrogens with zero attached hydrogens (tertiary/aromatic N) is 10. The van der Waals surface area contributed by atoms with Crippen LogP contribution in [0.15, 0.2) is 156 Å². The van der Waals surface area contributed by atoms with Crippen molar-refractivity contribution in [3.63, 3.8) is 0 Å². The van der Waals surface area contributed by atoms with E-state index in [-0.39, 0.29) is 36.5 Å². The molecule has 0 amide bonds. The first-order valence-corrected chi connectivity index (χ1v) is 19.1. The van der Waals surface area contributed by atoms with Crippen LogP contribution >= 0.6 is 0 Å². The fourth-order valence-electron chi connectivity index (χ4n) is 5.70. The molecule has 0 radical (unpaired) electrons. The minimum atomic E-state index is -1.04. The molecule has 0 aliphatic carbocycles. The molecule has 16 nitrogen and oxygen atoms in total. The van der Waals surface area contributed by atoms with Gasteiger partial charge in [0.1, 0.15) is 17.2 Å². The van der Waals surface area contributed by atoms with E-state index in [2.05, 4.69) is 59.9 Å². The number of hydrogen-bond donors (Lipinski definition) is 3. The van der Waals surface area contributed by atoms with Gasteiger partial charge in [0.15, 0.2) is 0 Å². The van der Waals surface area contributed by atoms with Crippen molar-refractivity contribution in [1.82, 2.24) is 29.9 Å². The second kappa shape index (κ2) is 25.5. The molecule has 320 valence electrons. The summed E-state index contributed by atoms with van der Waals surface area (Å²) < 4.78 is 4.68. The minimum Gasteiger partial charge on any atom is -0.696 e. The van der Waals surface area contributed by atoms with E-state index >= 15 is 0 Å². The van der Waals surface area contributed by atoms with Crippen LogP contribution in [0, 0.1) is 21.3 Å². The molecule has 0 aliphatic rings. The molecule has 19 heteroatoms. The summed E-state index contributed by atoms with van der Waals surface area (Å²) >= 11 is 7.40. The number of thiocyanates is 2. The van der Waals surface area contributed by atoms with Crippen LogP contribution in [0.3, 0.4) is 0 Å². The number of aliphatic imine (C=N–C) groups is 2. The molecule has 0 bridgehead atoms. The van der Waals surface area contributed by atoms with Crippen molar-refractivity contribution in [2.24, 2.45) is 9.98 Å². The Bertz CT molecular complexity index is 3010. The molecule has 8 rings (SSSR count). The molecule has 0 unspecified atom stereocenters. The molecule has 0 spiro atoms. The van der Waals surface area contributed by atoms with Gasteiger partial charge in [-0.2, -0.15) is 0 Å². The number of carbonyl (C=O) groups excluding carboxylic acids is 1. The van der Waals surface area contributed by atoms with Crippen molar-refractivity contribution in [2.45, 2.75) is 0 Å². The Morgan fingerprint density at radius 2 is 1.00 bits per heavy atom. The van der Waals surface area contributed by atoms with E-state index in [0.29, 0.717) is 57.1 Å². The molecule has 3 aromatic carbocycles. The van der Waals surface area contributed by atoms with Gasteiger partial charge in [0.2, 0.25) is 0 Å². The predicted molar refractivity (Wildman–Crippen MR) is 246 cm³/mol. The zero-order valence-corrected chi connectivity index (χ0v) is 36.7. The van der Waals surface area contributed by atoms with Crippen LogP contribution in [0.2, 0.25) is 0 Å². The van der Waals surface area contributed by atoms with Gasteiger partial charge in [0.05, 0.1) is 50.4 Å². The Labute approximate surface area is 394 Å². The number of pyridine rings is 4. The smallest absolute Gasteiger partial charge is 0.696 e. The molecular formula is C46H30N10O6RuS2. The number of rotatable bonds is 8. The predicted octanol–water partition coefficient (Wildman–Crippen LogP) is 8.17. The van der Waals surface area contributed by atoms with Crippen LogP contribution in [0.1, 0.15) is 21.5 Å². The summed E-state index contributed by atoms with van der Waals surface area (Å²) in [7, 11) is 0. The van der Waals surface area contributed by atoms with Crippen molar-refractivity contribution in [1.29, 1.82) is 10.5 Å². The van der Waals surface area contributed by atoms with Crippen LogP contribution < -0.4 is 4.74 Å². The number of aromatic nitrogens is 6. The molecule has 8 aromatic rings. The van der Waals surface area contributed by atoms with Crippen molar-refractivity contribution in [3.8, 4) is 39.4 Å². The number of phenols is 2. The summed E-state index contributed by atoms with van der Waals surface area (Å²) in [6.07, 6.45) is 12.7. The van der Waals surface area contributed by atoms with E-state index in [1.807, 2.05) is 36.4 Å². The number of para-hydroxylation sites is 2. The zero-order valence-electron chi connectivity index (χ0n) is 33.3. The number of hydrogen-bond acceptors (Lipinski definition) is 17. The Morgan fingerprint density at radius 1 is 0.585 bits per heavy atom. The van der Waals surface area contributed by atoms with Crippen LogP contribution in [-0.2, 0) is 49.5 Å². The van der Waals surface area contributed by atoms with Crippen LogP contribution in [0.5, 0.6) is 17.2 Å². The van der Waals surface area contributed by atoms with Gasteiger partial charge in [-0.15, -0.1) is 0 Å². The molecule has 0 fully saturated rings. The Balaban J connectivity index is 0.000000309. The van der Waals surface area contributed by atoms with E-state index in [1.54, 1.807) is 85.7 Å². The minimum absolute atomic E-state index is 0. The average Bonchev–Trinajstić information content (AvgIpc) is 3.31. The first-order chi connectivity index (χ1) is 31.2. The third-order valence-electron chi connectivity index (χ3n) is 8.45. The first-order valence-electron chi connectivity index (χ1n) is 18.3. The number of benzene rings is 3. The molecular weight excluding hydrogens is 954 g/mol. The molecule has 3 N–H and O–H groups in total. The number of aromatic hydroxyl groups is 2. The summed E-state index contributed by atoms with van der Waals surface area (Å²) in [5, 5.41) is 47.9. The van der Waals surface area contributed by atoms with Crippen LogP contribution in [-0.4, -0.2) is 70.1 Å². The fourth-order valence-corrected chi connectivity index (χ4v) is 5.70. The van der Waals surface area contributed by atoms with E-state index in [4.69, 9.17) is 25.6 Å². The second-order valence-electron chi connectivity index (χ2n) is 12.3. The number of ether oxygens (including phenoxy) is 1. The molecule has 0 atom stereocenters. The number of nitriles is 2. The monoisotopic (exact) mass is 984 g/mol. The van der Waals surface area contributed by atoms with Crippen molar-refractivity contribution in [2.75, 3.05) is 0 Å². The molecule has 65 heavy (non-hydrogen) atoms. The summed E-state index contributed by atoms with van der Waals surface area (Å²) in [6, 6.07) is 30.7. The fraction of sp³-hybridized carbons (Fsp3) is 0. The Kier molecular flexibility index (Phi) is 19.3. The zero-order chi connectivity index (χ0) is 45.7. The van der Waals surface area contributed by atoms with Crippen LogP contribution in [0.25, 0.3) is 44.2 Å². The van der Waals surface area contributed by atoms with Crippen molar-refractivity contribution in [3.05, 3.63) is 163 Å². The normalized spacial score (nSPS) is 10.0. The van der Waals surface area contributed by atoms with E-state index < -0.39 is 5.97 Å². The molecule has 0 saturated heterocycles. The van der Waals surface area contributed by atoms with E-state index in [0.717, 1.165) is 21.8 Å². The SMILES string of the molecule is N#C[S-].N#C[S-].O=COc1ccnc(-c2cc(C(=O)O)ccn2)c1.Oc1ccccc1C=Nc1ccnc2c3cccnc3c3ncccc3c2nccc1N=Cc1ccccc1O.[Ru+2]. The maximum absolute atomic E-state index is 10.8. The summed E-state index contributed by atoms with van der Waals surface area (Å²) in [4.78, 5) is 57.1. The molecule has 0 aliphatic heterocycles. The van der Waals surface area contributed by atoms with Gasteiger partial charge in [-0.05, 0) is 78.9 Å². The van der Waals surface area contributed by atoms with Gasteiger partial charge in [-0.25, -0.2) is 15.3 Å². The summed E-state index contributed by atoms with van der Waals surface area (Å²) in [5.74, 6) is -0.506. The maximum Gasteiger partial charge on any atom is 2.00 e. The summed E-state index contributed by atoms with van der Waals surface area (Å²) in [6.45, 7) is 0.306. The number of aromatic carboxylic acids is 1. The quantitative estimate of drug-likeness (QED) is 0.0324. The van der Waals surface area contributed by atoms with Gasteiger partial charge >= 0.3 is 25.4 Å². The maximum atomic E-state index is 10.8. The van der Waals surface area contributed by atoms with Crippen LogP contribution in [0.4, 0.5) is 11.4 Å². The average molecular weight is 984 g/mol. The Morgan fingerprint density at radius 3 is 1.45 bits per heavy atom. The Hall–Kier alpha value is -8.48. The van der Waals surface area contributed by atoms with Gasteiger partial charge in [-0.3, -0.25) is 44.7 Å². The molecule has 5 heterocycles. The number of carbonyl (C=O) groups is 2. The topological polar surface area (TPSA) is 254 Å². The van der Waals surface area contributed by atoms with E-state index in [1.165, 1.54) is 47.5 Å². The number of carboxylic acids is 1. The summed E-state index contributed by atoms with van der Waals surface area (Å²) in [5.41, 5.74) is 5.79. The number of carboxylic acid groups (broad SMARTS) is 1. The number of fused-ring (bicyclic) bond motifs is 6. The number of phenolic OH excluding ortho intramolecular Hbond substituents is 2. The molecule has 0 saturated carbocycles. The van der Waals surface area contributed by atoms with E-state index in [9.17, 15) is 19.8 Å². The largest absolute Gasteiger partial charge is 2.00 e.